The van der Waals surface area contributed by atoms with E-state index < -0.39 is 0 Å². The maximum absolute atomic E-state index is 12.7. The summed E-state index contributed by atoms with van der Waals surface area (Å²) in [5.74, 6) is 0.766. The highest BCUT2D eigenvalue weighted by atomic mass is 16.5. The zero-order valence-corrected chi connectivity index (χ0v) is 19.9. The molecule has 2 saturated heterocycles. The van der Waals surface area contributed by atoms with Gasteiger partial charge < -0.3 is 24.4 Å². The number of methoxy groups -OCH3 is 1. The number of nitrogens with zero attached hydrogens (tertiary/aromatic N) is 5. The first kappa shape index (κ1) is 23.4. The van der Waals surface area contributed by atoms with Crippen LogP contribution < -0.4 is 15.0 Å². The molecule has 2 aliphatic rings. The Morgan fingerprint density at radius 3 is 2.97 bits per heavy atom. The Kier molecular flexibility index (Phi) is 7.34. The number of pyridine rings is 1. The lowest BCUT2D eigenvalue weighted by Gasteiger charge is -2.32. The summed E-state index contributed by atoms with van der Waals surface area (Å²) in [5.41, 5.74) is 2.16. The van der Waals surface area contributed by atoms with Crippen LogP contribution in [-0.2, 0) is 9.47 Å². The van der Waals surface area contributed by atoms with E-state index in [2.05, 4.69) is 41.4 Å². The number of aromatic amines is 1. The van der Waals surface area contributed by atoms with Crippen molar-refractivity contribution in [1.29, 1.82) is 0 Å². The monoisotopic (exact) mass is 481 g/mol. The fraction of sp³-hybridized carbons (Fsp3) is 0.542. The molecular weight excluding hydrogens is 450 g/mol. The highest BCUT2D eigenvalue weighted by molar-refractivity contribution is 5.93. The molecule has 5 rings (SSSR count). The Labute approximate surface area is 203 Å². The van der Waals surface area contributed by atoms with Gasteiger partial charge in [0.1, 0.15) is 18.1 Å². The molecule has 35 heavy (non-hydrogen) atoms. The van der Waals surface area contributed by atoms with Crippen molar-refractivity contribution >= 4 is 22.8 Å². The molecule has 11 nitrogen and oxygen atoms in total. The maximum atomic E-state index is 12.7. The van der Waals surface area contributed by atoms with Gasteiger partial charge in [-0.25, -0.2) is 4.98 Å². The molecule has 0 aromatic carbocycles. The number of carbonyl (C=O) groups excluding carboxylic acids is 1. The smallest absolute Gasteiger partial charge is 0.319 e. The number of aromatic nitrogens is 5. The van der Waals surface area contributed by atoms with Crippen molar-refractivity contribution in [3.8, 4) is 6.01 Å². The van der Waals surface area contributed by atoms with Gasteiger partial charge in [0, 0.05) is 62.6 Å². The van der Waals surface area contributed by atoms with E-state index in [1.54, 1.807) is 19.4 Å². The van der Waals surface area contributed by atoms with Gasteiger partial charge in [0.25, 0.3) is 5.91 Å². The average Bonchev–Trinajstić information content (AvgIpc) is 3.58. The van der Waals surface area contributed by atoms with Gasteiger partial charge in [-0.15, -0.1) is 0 Å². The lowest BCUT2D eigenvalue weighted by molar-refractivity contribution is 0.0643. The van der Waals surface area contributed by atoms with Crippen molar-refractivity contribution in [1.82, 2.24) is 30.5 Å². The summed E-state index contributed by atoms with van der Waals surface area (Å²) in [5, 5.41) is 11.4. The third kappa shape index (κ3) is 5.51. The van der Waals surface area contributed by atoms with Crippen LogP contribution in [0.1, 0.15) is 47.8 Å². The summed E-state index contributed by atoms with van der Waals surface area (Å²) in [7, 11) is 1.60. The molecule has 5 heterocycles. The standard InChI is InChI=1S/C24H31N7O4/c1-33-13-9-26-23(32)19-14-20(28-24(27-19)35-15-17-4-3-12-34-17)31-10-6-16(7-11-31)21-18-5-2-8-25-22(18)30-29-21/h2,5,8,14,16-17H,3-4,6-7,9-13,15H2,1H3,(H,26,32)(H,25,29,30)/t17-/m1/s1. The van der Waals surface area contributed by atoms with Crippen LogP contribution in [0.15, 0.2) is 24.4 Å². The second-order valence-corrected chi connectivity index (χ2v) is 8.86. The number of anilines is 1. The summed E-state index contributed by atoms with van der Waals surface area (Å²) >= 11 is 0. The van der Waals surface area contributed by atoms with Gasteiger partial charge >= 0.3 is 6.01 Å². The second-order valence-electron chi connectivity index (χ2n) is 8.86. The van der Waals surface area contributed by atoms with Crippen LogP contribution in [0.2, 0.25) is 0 Å². The first-order valence-corrected chi connectivity index (χ1v) is 12.2. The summed E-state index contributed by atoms with van der Waals surface area (Å²) in [4.78, 5) is 28.2. The molecule has 1 amide bonds. The number of rotatable bonds is 9. The third-order valence-corrected chi connectivity index (χ3v) is 6.53. The SMILES string of the molecule is COCCNC(=O)c1cc(N2CCC(c3[nH]nc4ncccc34)CC2)nc(OC[C@H]2CCCO2)n1. The van der Waals surface area contributed by atoms with Gasteiger partial charge in [0.15, 0.2) is 5.65 Å². The molecule has 0 saturated carbocycles. The quantitative estimate of drug-likeness (QED) is 0.442. The van der Waals surface area contributed by atoms with Crippen molar-refractivity contribution < 1.29 is 19.0 Å². The van der Waals surface area contributed by atoms with E-state index in [-0.39, 0.29) is 23.7 Å². The van der Waals surface area contributed by atoms with E-state index in [9.17, 15) is 4.79 Å². The van der Waals surface area contributed by atoms with Gasteiger partial charge in [0.2, 0.25) is 0 Å². The molecule has 186 valence electrons. The van der Waals surface area contributed by atoms with Crippen LogP contribution in [0.25, 0.3) is 11.0 Å². The molecule has 11 heteroatoms. The number of ether oxygens (including phenoxy) is 3. The van der Waals surface area contributed by atoms with E-state index in [0.717, 1.165) is 62.1 Å². The highest BCUT2D eigenvalue weighted by Gasteiger charge is 2.26. The third-order valence-electron chi connectivity index (χ3n) is 6.53. The Balaban J connectivity index is 1.30. The van der Waals surface area contributed by atoms with Gasteiger partial charge in [-0.1, -0.05) is 0 Å². The molecule has 2 aliphatic heterocycles. The van der Waals surface area contributed by atoms with E-state index in [0.29, 0.717) is 31.5 Å². The van der Waals surface area contributed by atoms with E-state index in [4.69, 9.17) is 14.2 Å². The number of nitrogens with one attached hydrogen (secondary N) is 2. The highest BCUT2D eigenvalue weighted by Crippen LogP contribution is 2.32. The molecule has 0 spiro atoms. The van der Waals surface area contributed by atoms with Crippen LogP contribution in [0.5, 0.6) is 6.01 Å². The molecule has 3 aromatic rings. The molecule has 1 atom stereocenters. The molecule has 0 unspecified atom stereocenters. The zero-order chi connectivity index (χ0) is 24.0. The van der Waals surface area contributed by atoms with E-state index in [1.807, 2.05) is 6.07 Å². The topological polar surface area (TPSA) is 127 Å². The summed E-state index contributed by atoms with van der Waals surface area (Å²) in [6.45, 7) is 3.53. The fourth-order valence-corrected chi connectivity index (χ4v) is 4.63. The molecule has 2 fully saturated rings. The number of piperidine rings is 1. The minimum absolute atomic E-state index is 0.0377. The zero-order valence-electron chi connectivity index (χ0n) is 19.9. The molecule has 2 N–H and O–H groups in total. The van der Waals surface area contributed by atoms with Gasteiger partial charge in [0.05, 0.1) is 12.7 Å². The Morgan fingerprint density at radius 1 is 1.29 bits per heavy atom. The molecule has 0 bridgehead atoms. The molecular formula is C24H31N7O4. The van der Waals surface area contributed by atoms with E-state index >= 15 is 0 Å². The van der Waals surface area contributed by atoms with Crippen molar-refractivity contribution in [2.75, 3.05) is 51.5 Å². The molecule has 0 aliphatic carbocycles. The van der Waals surface area contributed by atoms with Gasteiger partial charge in [-0.3, -0.25) is 9.89 Å². The van der Waals surface area contributed by atoms with Gasteiger partial charge in [-0.2, -0.15) is 15.1 Å². The number of H-pyrrole nitrogens is 1. The minimum Gasteiger partial charge on any atom is -0.461 e. The molecule has 0 radical (unpaired) electrons. The van der Waals surface area contributed by atoms with Crippen molar-refractivity contribution in [2.24, 2.45) is 0 Å². The van der Waals surface area contributed by atoms with Crippen molar-refractivity contribution in [3.63, 3.8) is 0 Å². The van der Waals surface area contributed by atoms with Crippen LogP contribution >= 0.6 is 0 Å². The van der Waals surface area contributed by atoms with Crippen molar-refractivity contribution in [3.05, 3.63) is 35.8 Å². The predicted octanol–water partition coefficient (Wildman–Crippen LogP) is 2.07. The molecule has 3 aromatic heterocycles. The Hall–Kier alpha value is -3.31. The predicted molar refractivity (Wildman–Crippen MR) is 129 cm³/mol. The lowest BCUT2D eigenvalue weighted by atomic mass is 9.92. The van der Waals surface area contributed by atoms with Crippen LogP contribution in [-0.4, -0.2) is 83.7 Å². The Bertz CT molecular complexity index is 1140. The normalized spacial score (nSPS) is 18.8. The number of carbonyl (C=O) groups is 1. The summed E-state index contributed by atoms with van der Waals surface area (Å²) < 4.78 is 16.5. The number of hydrogen-bond acceptors (Lipinski definition) is 9. The van der Waals surface area contributed by atoms with Crippen LogP contribution in [0.3, 0.4) is 0 Å². The van der Waals surface area contributed by atoms with E-state index in [1.165, 1.54) is 0 Å². The fourth-order valence-electron chi connectivity index (χ4n) is 4.63. The summed E-state index contributed by atoms with van der Waals surface area (Å²) in [6.07, 6.45) is 5.63. The minimum atomic E-state index is -0.279. The largest absolute Gasteiger partial charge is 0.461 e. The first-order chi connectivity index (χ1) is 17.2. The Morgan fingerprint density at radius 2 is 2.17 bits per heavy atom. The number of hydrogen-bond donors (Lipinski definition) is 2. The van der Waals surface area contributed by atoms with Crippen molar-refractivity contribution in [2.45, 2.75) is 37.7 Å². The maximum Gasteiger partial charge on any atom is 0.319 e. The first-order valence-electron chi connectivity index (χ1n) is 12.2. The lowest BCUT2D eigenvalue weighted by Crippen LogP contribution is -2.34. The second kappa shape index (κ2) is 11.0. The van der Waals surface area contributed by atoms with Crippen LogP contribution in [0, 0.1) is 0 Å². The summed E-state index contributed by atoms with van der Waals surface area (Å²) in [6, 6.07) is 5.93. The number of amides is 1. The van der Waals surface area contributed by atoms with Gasteiger partial charge in [-0.05, 0) is 37.8 Å². The number of fused-ring (bicyclic) bond motifs is 1. The van der Waals surface area contributed by atoms with Crippen LogP contribution in [0.4, 0.5) is 5.82 Å². The average molecular weight is 482 g/mol.